The van der Waals surface area contributed by atoms with Gasteiger partial charge in [0, 0.05) is 24.6 Å². The summed E-state index contributed by atoms with van der Waals surface area (Å²) in [4.78, 5) is 12.5. The maximum Gasteiger partial charge on any atom is 0.251 e. The summed E-state index contributed by atoms with van der Waals surface area (Å²) < 4.78 is 13.7. The third kappa shape index (κ3) is 3.97. The quantitative estimate of drug-likeness (QED) is 0.602. The monoisotopic (exact) mass is 437 g/mol. The van der Waals surface area contributed by atoms with E-state index in [2.05, 4.69) is 27.8 Å². The second-order valence-corrected chi connectivity index (χ2v) is 8.90. The van der Waals surface area contributed by atoms with Crippen molar-refractivity contribution in [3.05, 3.63) is 47.5 Å². The summed E-state index contributed by atoms with van der Waals surface area (Å²) in [6, 6.07) is 11.5. The number of ether oxygens (including phenoxy) is 2. The molecular weight excluding hydrogens is 414 g/mol. The largest absolute Gasteiger partial charge is 0.448 e. The van der Waals surface area contributed by atoms with Crippen LogP contribution in [0.25, 0.3) is 5.69 Å². The van der Waals surface area contributed by atoms with Crippen LogP contribution in [0.2, 0.25) is 0 Å². The normalized spacial score (nSPS) is 16.1. The lowest BCUT2D eigenvalue weighted by atomic mass is 10.1. The number of amides is 1. The van der Waals surface area contributed by atoms with Gasteiger partial charge in [-0.1, -0.05) is 17.8 Å². The maximum absolute atomic E-state index is 12.5. The molecule has 31 heavy (non-hydrogen) atoms. The van der Waals surface area contributed by atoms with E-state index in [1.807, 2.05) is 43.3 Å². The number of tetrazole rings is 1. The molecule has 1 N–H and O–H groups in total. The minimum Gasteiger partial charge on any atom is -0.448 e. The number of thioether (sulfide) groups is 1. The first-order chi connectivity index (χ1) is 15.0. The molecule has 1 fully saturated rings. The van der Waals surface area contributed by atoms with E-state index >= 15 is 0 Å². The average Bonchev–Trinajstić information content (AvgIpc) is 3.48. The van der Waals surface area contributed by atoms with E-state index < -0.39 is 5.79 Å². The highest BCUT2D eigenvalue weighted by molar-refractivity contribution is 7.99. The molecule has 3 aromatic rings. The highest BCUT2D eigenvalue weighted by Crippen LogP contribution is 2.47. The smallest absolute Gasteiger partial charge is 0.251 e. The summed E-state index contributed by atoms with van der Waals surface area (Å²) in [5.41, 5.74) is 3.90. The van der Waals surface area contributed by atoms with Crippen LogP contribution in [0, 0.1) is 13.8 Å². The van der Waals surface area contributed by atoms with Crippen LogP contribution in [-0.4, -0.2) is 37.7 Å². The van der Waals surface area contributed by atoms with Gasteiger partial charge in [0.1, 0.15) is 0 Å². The van der Waals surface area contributed by atoms with Gasteiger partial charge in [0.05, 0.1) is 11.4 Å². The Kier molecular flexibility index (Phi) is 5.05. The van der Waals surface area contributed by atoms with E-state index in [0.29, 0.717) is 16.6 Å². The Bertz CT molecular complexity index is 1140. The second kappa shape index (κ2) is 7.88. The number of hydrogen-bond donors (Lipinski definition) is 1. The molecule has 160 valence electrons. The van der Waals surface area contributed by atoms with Crippen LogP contribution < -0.4 is 14.8 Å². The van der Waals surface area contributed by atoms with E-state index in [0.717, 1.165) is 42.7 Å². The SMILES string of the molecule is Cc1ccc(-n2nnnc2SCC(=O)Nc2ccc3c(c2)OC2(CCCC2)O3)cc1C. The first-order valence-electron chi connectivity index (χ1n) is 10.3. The molecule has 2 aromatic carbocycles. The Morgan fingerprint density at radius 2 is 1.90 bits per heavy atom. The number of nitrogens with zero attached hydrogens (tertiary/aromatic N) is 4. The zero-order valence-electron chi connectivity index (χ0n) is 17.4. The number of rotatable bonds is 5. The highest BCUT2D eigenvalue weighted by Gasteiger charge is 2.44. The van der Waals surface area contributed by atoms with Crippen molar-refractivity contribution in [3.63, 3.8) is 0 Å². The highest BCUT2D eigenvalue weighted by atomic mass is 32.2. The van der Waals surface area contributed by atoms with Gasteiger partial charge in [0.15, 0.2) is 11.5 Å². The number of carbonyl (C=O) groups is 1. The number of aromatic nitrogens is 4. The van der Waals surface area contributed by atoms with Gasteiger partial charge >= 0.3 is 0 Å². The zero-order chi connectivity index (χ0) is 21.4. The lowest BCUT2D eigenvalue weighted by Crippen LogP contribution is -2.34. The Hall–Kier alpha value is -3.07. The number of nitrogens with one attached hydrogen (secondary N) is 1. The molecule has 9 heteroatoms. The van der Waals surface area contributed by atoms with Crippen LogP contribution in [0.3, 0.4) is 0 Å². The fourth-order valence-corrected chi connectivity index (χ4v) is 4.60. The molecule has 1 amide bonds. The van der Waals surface area contributed by atoms with E-state index in [1.165, 1.54) is 17.3 Å². The fraction of sp³-hybridized carbons (Fsp3) is 0.364. The molecule has 1 saturated carbocycles. The van der Waals surface area contributed by atoms with Crippen LogP contribution in [0.4, 0.5) is 5.69 Å². The van der Waals surface area contributed by atoms with Gasteiger partial charge in [0.2, 0.25) is 11.1 Å². The Morgan fingerprint density at radius 3 is 2.71 bits per heavy atom. The fourth-order valence-electron chi connectivity index (χ4n) is 3.90. The molecule has 2 heterocycles. The topological polar surface area (TPSA) is 91.2 Å². The van der Waals surface area contributed by atoms with E-state index in [4.69, 9.17) is 9.47 Å². The van der Waals surface area contributed by atoms with E-state index in [1.54, 1.807) is 4.68 Å². The van der Waals surface area contributed by atoms with Crippen LogP contribution in [0.1, 0.15) is 36.8 Å². The van der Waals surface area contributed by atoms with Gasteiger partial charge in [-0.15, -0.1) is 5.10 Å². The molecule has 1 aliphatic carbocycles. The molecule has 5 rings (SSSR count). The first-order valence-corrected chi connectivity index (χ1v) is 11.3. The van der Waals surface area contributed by atoms with Crippen LogP contribution in [0.15, 0.2) is 41.6 Å². The molecule has 8 nitrogen and oxygen atoms in total. The van der Waals surface area contributed by atoms with Crippen LogP contribution >= 0.6 is 11.8 Å². The molecule has 0 bridgehead atoms. The lowest BCUT2D eigenvalue weighted by molar-refractivity contribution is -0.113. The zero-order valence-corrected chi connectivity index (χ0v) is 18.2. The molecular formula is C22H23N5O3S. The van der Waals surface area contributed by atoms with Gasteiger partial charge < -0.3 is 14.8 Å². The number of carbonyl (C=O) groups excluding carboxylic acids is 1. The summed E-state index contributed by atoms with van der Waals surface area (Å²) in [6.45, 7) is 4.10. The Labute approximate surface area is 184 Å². The number of aryl methyl sites for hydroxylation is 2. The number of anilines is 1. The van der Waals surface area contributed by atoms with Crippen molar-refractivity contribution in [1.82, 2.24) is 20.2 Å². The lowest BCUT2D eigenvalue weighted by Gasteiger charge is -2.21. The summed E-state index contributed by atoms with van der Waals surface area (Å²) in [5.74, 6) is 0.956. The molecule has 1 spiro atoms. The van der Waals surface area contributed by atoms with E-state index in [-0.39, 0.29) is 11.7 Å². The Balaban J connectivity index is 1.22. The summed E-state index contributed by atoms with van der Waals surface area (Å²) in [5, 5.41) is 15.4. The van der Waals surface area contributed by atoms with Crippen molar-refractivity contribution in [1.29, 1.82) is 0 Å². The summed E-state index contributed by atoms with van der Waals surface area (Å²) in [7, 11) is 0. The molecule has 0 atom stereocenters. The van der Waals surface area contributed by atoms with E-state index in [9.17, 15) is 4.79 Å². The van der Waals surface area contributed by atoms with Crippen molar-refractivity contribution < 1.29 is 14.3 Å². The van der Waals surface area contributed by atoms with Crippen molar-refractivity contribution in [3.8, 4) is 17.2 Å². The molecule has 1 aliphatic heterocycles. The van der Waals surface area contributed by atoms with Crippen molar-refractivity contribution in [2.24, 2.45) is 0 Å². The van der Waals surface area contributed by atoms with Gasteiger partial charge in [-0.3, -0.25) is 4.79 Å². The molecule has 0 radical (unpaired) electrons. The minimum atomic E-state index is -0.508. The van der Waals surface area contributed by atoms with Crippen molar-refractivity contribution in [2.45, 2.75) is 50.5 Å². The molecule has 1 aromatic heterocycles. The number of benzene rings is 2. The third-order valence-electron chi connectivity index (χ3n) is 5.69. The number of hydrogen-bond acceptors (Lipinski definition) is 7. The average molecular weight is 438 g/mol. The third-order valence-corrected chi connectivity index (χ3v) is 6.61. The van der Waals surface area contributed by atoms with Gasteiger partial charge in [-0.25, -0.2) is 0 Å². The molecule has 0 saturated heterocycles. The van der Waals surface area contributed by atoms with Gasteiger partial charge in [-0.05, 0) is 72.5 Å². The second-order valence-electron chi connectivity index (χ2n) is 7.96. The van der Waals surface area contributed by atoms with Gasteiger partial charge in [-0.2, -0.15) is 4.68 Å². The predicted molar refractivity (Wildman–Crippen MR) is 117 cm³/mol. The minimum absolute atomic E-state index is 0.144. The van der Waals surface area contributed by atoms with Gasteiger partial charge in [0.25, 0.3) is 5.79 Å². The van der Waals surface area contributed by atoms with Crippen molar-refractivity contribution >= 4 is 23.4 Å². The first kappa shape index (κ1) is 19.9. The predicted octanol–water partition coefficient (Wildman–Crippen LogP) is 4.05. The summed E-state index contributed by atoms with van der Waals surface area (Å²) >= 11 is 1.29. The Morgan fingerprint density at radius 1 is 1.10 bits per heavy atom. The number of fused-ring (bicyclic) bond motifs is 1. The van der Waals surface area contributed by atoms with Crippen LogP contribution in [-0.2, 0) is 4.79 Å². The molecule has 0 unspecified atom stereocenters. The van der Waals surface area contributed by atoms with Crippen molar-refractivity contribution in [2.75, 3.05) is 11.1 Å². The standard InChI is InChI=1S/C22H23N5O3S/c1-14-5-7-17(11-15(14)2)27-21(24-25-26-27)31-13-20(28)23-16-6-8-18-19(12-16)30-22(29-18)9-3-4-10-22/h5-8,11-12H,3-4,9-10,13H2,1-2H3,(H,23,28). The summed E-state index contributed by atoms with van der Waals surface area (Å²) in [6.07, 6.45) is 4.01. The maximum atomic E-state index is 12.5. The molecule has 2 aliphatic rings. The van der Waals surface area contributed by atoms with Crippen LogP contribution in [0.5, 0.6) is 11.5 Å².